The van der Waals surface area contributed by atoms with Crippen molar-refractivity contribution in [1.29, 1.82) is 5.26 Å². The minimum atomic E-state index is -1.20. The van der Waals surface area contributed by atoms with Crippen LogP contribution in [0.15, 0.2) is 58.2 Å². The summed E-state index contributed by atoms with van der Waals surface area (Å²) in [6, 6.07) is 5.10. The first-order valence-electron chi connectivity index (χ1n) is 8.38. The first-order valence-corrected chi connectivity index (χ1v) is 8.38. The second-order valence-electron chi connectivity index (χ2n) is 6.42. The smallest absolute Gasteiger partial charge is 0.261 e. The number of nitrogens with two attached hydrogens (primary N) is 2. The van der Waals surface area contributed by atoms with Crippen molar-refractivity contribution in [3.63, 3.8) is 0 Å². The Balaban J connectivity index is 1.93. The van der Waals surface area contributed by atoms with Crippen LogP contribution in [0, 0.1) is 28.9 Å². The number of amides is 1. The number of carbonyl (C=O) groups excluding carboxylic acids is 1. The van der Waals surface area contributed by atoms with Gasteiger partial charge in [0.1, 0.15) is 23.7 Å². The van der Waals surface area contributed by atoms with Crippen molar-refractivity contribution >= 4 is 11.6 Å². The highest BCUT2D eigenvalue weighted by atomic mass is 19.1. The van der Waals surface area contributed by atoms with Crippen molar-refractivity contribution in [2.45, 2.75) is 13.3 Å². The number of benzene rings is 1. The van der Waals surface area contributed by atoms with E-state index in [0.29, 0.717) is 34.7 Å². The summed E-state index contributed by atoms with van der Waals surface area (Å²) in [5, 5.41) is 17.5. The zero-order chi connectivity index (χ0) is 20.4. The minimum Gasteiger partial charge on any atom is -0.472 e. The van der Waals surface area contributed by atoms with Gasteiger partial charge in [-0.3, -0.25) is 10.2 Å². The topological polar surface area (TPSA) is 118 Å². The largest absolute Gasteiger partial charge is 0.472 e. The van der Waals surface area contributed by atoms with Crippen LogP contribution >= 0.6 is 0 Å². The number of rotatable bonds is 4. The van der Waals surface area contributed by atoms with Crippen LogP contribution in [0.5, 0.6) is 0 Å². The van der Waals surface area contributed by atoms with Gasteiger partial charge in [0, 0.05) is 17.3 Å². The van der Waals surface area contributed by atoms with Crippen LogP contribution in [0.2, 0.25) is 0 Å². The van der Waals surface area contributed by atoms with Gasteiger partial charge in [0.2, 0.25) is 5.71 Å². The second kappa shape index (κ2) is 7.48. The van der Waals surface area contributed by atoms with Gasteiger partial charge in [-0.1, -0.05) is 6.92 Å². The van der Waals surface area contributed by atoms with Crippen LogP contribution in [0.4, 0.5) is 8.78 Å². The van der Waals surface area contributed by atoms with Gasteiger partial charge in [-0.05, 0) is 30.7 Å². The Hall–Kier alpha value is -3.73. The molecular weight excluding hydrogens is 366 g/mol. The summed E-state index contributed by atoms with van der Waals surface area (Å²) >= 11 is 0. The van der Waals surface area contributed by atoms with E-state index in [9.17, 15) is 13.6 Å². The number of hydrogen-bond donors (Lipinski definition) is 3. The Morgan fingerprint density at radius 3 is 2.79 bits per heavy atom. The summed E-state index contributed by atoms with van der Waals surface area (Å²) in [7, 11) is 0. The lowest BCUT2D eigenvalue weighted by Crippen LogP contribution is -2.43. The van der Waals surface area contributed by atoms with Gasteiger partial charge < -0.3 is 15.5 Å². The molecule has 3 rings (SSSR count). The third-order valence-corrected chi connectivity index (χ3v) is 4.52. The molecule has 1 heterocycles. The molecule has 0 radical (unpaired) electrons. The molecule has 142 valence electrons. The van der Waals surface area contributed by atoms with Gasteiger partial charge in [0.25, 0.3) is 5.91 Å². The van der Waals surface area contributed by atoms with Gasteiger partial charge in [-0.2, -0.15) is 5.26 Å². The average molecular weight is 383 g/mol. The molecule has 1 unspecified atom stereocenters. The average Bonchev–Trinajstić information content (AvgIpc) is 3.19. The molecule has 1 aromatic carbocycles. The van der Waals surface area contributed by atoms with Gasteiger partial charge in [-0.25, -0.2) is 8.78 Å². The molecule has 1 aromatic heterocycles. The summed E-state index contributed by atoms with van der Waals surface area (Å²) in [5.74, 6) is -3.42. The van der Waals surface area contributed by atoms with Crippen molar-refractivity contribution in [2.75, 3.05) is 0 Å². The SMILES string of the molecule is CC1CC(NC(=O)c2c(F)ccc(C#N)c2F)=CC(C(=[NH2+])c2ccoc2)=C1N. The molecule has 1 aliphatic rings. The van der Waals surface area contributed by atoms with E-state index in [2.05, 4.69) is 5.32 Å². The number of nitrogens with one attached hydrogen (secondary N) is 1. The molecule has 0 spiro atoms. The maximum absolute atomic E-state index is 14.3. The van der Waals surface area contributed by atoms with E-state index in [-0.39, 0.29) is 5.92 Å². The Labute approximate surface area is 159 Å². The number of nitrogens with zero attached hydrogens (tertiary/aromatic N) is 1. The van der Waals surface area contributed by atoms with Crippen molar-refractivity contribution in [3.8, 4) is 6.07 Å². The van der Waals surface area contributed by atoms with Crippen molar-refractivity contribution in [3.05, 3.63) is 82.1 Å². The van der Waals surface area contributed by atoms with Gasteiger partial charge >= 0.3 is 0 Å². The molecule has 6 nitrogen and oxygen atoms in total. The molecule has 5 N–H and O–H groups in total. The molecule has 0 saturated heterocycles. The summed E-state index contributed by atoms with van der Waals surface area (Å²) < 4.78 is 33.3. The molecule has 0 saturated carbocycles. The molecule has 0 aliphatic heterocycles. The fourth-order valence-corrected chi connectivity index (χ4v) is 2.97. The molecule has 1 atom stereocenters. The monoisotopic (exact) mass is 383 g/mol. The van der Waals surface area contributed by atoms with Crippen LogP contribution in [-0.4, -0.2) is 11.6 Å². The van der Waals surface area contributed by atoms with Gasteiger partial charge in [-0.15, -0.1) is 0 Å². The Morgan fingerprint density at radius 2 is 2.14 bits per heavy atom. The van der Waals surface area contributed by atoms with E-state index < -0.39 is 28.7 Å². The van der Waals surface area contributed by atoms with Gasteiger partial charge in [0.05, 0.1) is 23.0 Å². The van der Waals surface area contributed by atoms with Crippen LogP contribution in [0.1, 0.15) is 34.8 Å². The molecule has 0 fully saturated rings. The van der Waals surface area contributed by atoms with Crippen LogP contribution in [0.25, 0.3) is 0 Å². The zero-order valence-electron chi connectivity index (χ0n) is 14.9. The Morgan fingerprint density at radius 1 is 1.39 bits per heavy atom. The van der Waals surface area contributed by atoms with Crippen LogP contribution in [-0.2, 0) is 0 Å². The van der Waals surface area contributed by atoms with E-state index >= 15 is 0 Å². The molecular formula is C20H17F2N4O2+. The Bertz CT molecular complexity index is 1060. The summed E-state index contributed by atoms with van der Waals surface area (Å²) in [6.45, 7) is 1.84. The number of carbonyl (C=O) groups is 1. The Kier molecular flexibility index (Phi) is 5.09. The number of nitriles is 1. The summed E-state index contributed by atoms with van der Waals surface area (Å²) in [6.07, 6.45) is 4.84. The molecule has 0 bridgehead atoms. The summed E-state index contributed by atoms with van der Waals surface area (Å²) in [5.41, 5.74) is 7.32. The highest BCUT2D eigenvalue weighted by Crippen LogP contribution is 2.27. The van der Waals surface area contributed by atoms with Crippen molar-refractivity contribution in [2.24, 2.45) is 11.7 Å². The number of furan rings is 1. The van der Waals surface area contributed by atoms with E-state index in [1.807, 2.05) is 6.92 Å². The number of hydrogen-bond acceptors (Lipinski definition) is 4. The second-order valence-corrected chi connectivity index (χ2v) is 6.42. The first kappa shape index (κ1) is 19.0. The lowest BCUT2D eigenvalue weighted by molar-refractivity contribution is -0.111. The maximum Gasteiger partial charge on any atom is 0.261 e. The minimum absolute atomic E-state index is 0.166. The highest BCUT2D eigenvalue weighted by Gasteiger charge is 2.27. The number of allylic oxidation sites excluding steroid dienone is 4. The molecule has 2 aromatic rings. The quantitative estimate of drug-likeness (QED) is 0.694. The lowest BCUT2D eigenvalue weighted by Gasteiger charge is -2.23. The third-order valence-electron chi connectivity index (χ3n) is 4.52. The van der Waals surface area contributed by atoms with Gasteiger partial charge in [0.15, 0.2) is 5.82 Å². The van der Waals surface area contributed by atoms with Crippen LogP contribution < -0.4 is 16.5 Å². The molecule has 1 amide bonds. The normalized spacial score (nSPS) is 16.4. The molecule has 28 heavy (non-hydrogen) atoms. The molecule has 1 aliphatic carbocycles. The first-order chi connectivity index (χ1) is 13.3. The van der Waals surface area contributed by atoms with E-state index in [4.69, 9.17) is 20.8 Å². The van der Waals surface area contributed by atoms with Crippen molar-refractivity contribution in [1.82, 2.24) is 5.32 Å². The third kappa shape index (κ3) is 3.42. The highest BCUT2D eigenvalue weighted by molar-refractivity contribution is 6.11. The molecule has 8 heteroatoms. The van der Waals surface area contributed by atoms with E-state index in [0.717, 1.165) is 12.1 Å². The van der Waals surface area contributed by atoms with E-state index in [1.165, 1.54) is 12.5 Å². The fraction of sp³-hybridized carbons (Fsp3) is 0.150. The van der Waals surface area contributed by atoms with Crippen LogP contribution in [0.3, 0.4) is 0 Å². The van der Waals surface area contributed by atoms with Crippen molar-refractivity contribution < 1.29 is 23.4 Å². The van der Waals surface area contributed by atoms with E-state index in [1.54, 1.807) is 18.2 Å². The fourth-order valence-electron chi connectivity index (χ4n) is 2.97. The summed E-state index contributed by atoms with van der Waals surface area (Å²) in [4.78, 5) is 12.5. The lowest BCUT2D eigenvalue weighted by atomic mass is 9.88. The standard InChI is InChI=1S/C20H16F2N4O2/c1-10-6-13(7-14(18(10)24)19(25)12-4-5-28-9-12)26-20(27)16-15(21)3-2-11(8-23)17(16)22/h2-5,7,9-10,25H,6,24H2,1H3,(H,26,27)/p+1. The predicted molar refractivity (Wildman–Crippen MR) is 96.4 cm³/mol. The maximum atomic E-state index is 14.3. The zero-order valence-corrected chi connectivity index (χ0v) is 14.9. The predicted octanol–water partition coefficient (Wildman–Crippen LogP) is 1.54. The number of halogens is 2.